The van der Waals surface area contributed by atoms with Gasteiger partial charge in [-0.25, -0.2) is 0 Å². The number of benzene rings is 3. The molecule has 0 aliphatic rings. The maximum absolute atomic E-state index is 13.1. The van der Waals surface area contributed by atoms with Crippen LogP contribution in [-0.2, 0) is 0 Å². The lowest BCUT2D eigenvalue weighted by atomic mass is 10.2. The van der Waals surface area contributed by atoms with Crippen molar-refractivity contribution >= 4 is 43.6 Å². The molecule has 0 saturated heterocycles. The maximum Gasteiger partial charge on any atom is 0.262 e. The van der Waals surface area contributed by atoms with E-state index in [-0.39, 0.29) is 5.91 Å². The van der Waals surface area contributed by atoms with E-state index in [2.05, 4.69) is 22.0 Å². The fourth-order valence-electron chi connectivity index (χ4n) is 3.03. The number of ether oxygens (including phenoxy) is 1. The van der Waals surface area contributed by atoms with Crippen molar-refractivity contribution in [2.75, 3.05) is 7.11 Å². The molecule has 0 radical (unpaired) electrons. The second-order valence-electron chi connectivity index (χ2n) is 5.55. The number of nitrogens with zero attached hydrogens (tertiary/aromatic N) is 1. The van der Waals surface area contributed by atoms with E-state index in [1.54, 1.807) is 35.9 Å². The predicted octanol–water partition coefficient (Wildman–Crippen LogP) is 5.25. The molecule has 118 valence electrons. The molecule has 4 heteroatoms. The van der Waals surface area contributed by atoms with Crippen molar-refractivity contribution in [3.63, 3.8) is 0 Å². The Kier molecular flexibility index (Phi) is 3.62. The minimum absolute atomic E-state index is 0.0498. The number of carbonyl (C=O) groups is 1. The van der Waals surface area contributed by atoms with Crippen molar-refractivity contribution in [2.45, 2.75) is 0 Å². The third kappa shape index (κ3) is 2.31. The Morgan fingerprint density at radius 2 is 1.62 bits per heavy atom. The maximum atomic E-state index is 13.1. The second kappa shape index (κ2) is 5.80. The van der Waals surface area contributed by atoms with Crippen molar-refractivity contribution in [3.05, 3.63) is 76.8 Å². The first kappa shape index (κ1) is 15.0. The molecular weight excluding hydrogens is 366 g/mol. The van der Waals surface area contributed by atoms with Crippen LogP contribution in [0.1, 0.15) is 10.4 Å². The molecule has 0 spiro atoms. The molecule has 0 atom stereocenters. The molecule has 0 saturated carbocycles. The number of rotatable bonds is 2. The van der Waals surface area contributed by atoms with Gasteiger partial charge in [-0.2, -0.15) is 0 Å². The van der Waals surface area contributed by atoms with Crippen LogP contribution in [0, 0.1) is 0 Å². The number of para-hydroxylation sites is 1. The van der Waals surface area contributed by atoms with Gasteiger partial charge in [-0.3, -0.25) is 9.36 Å². The van der Waals surface area contributed by atoms with Gasteiger partial charge in [0.05, 0.1) is 18.1 Å². The Balaban J connectivity index is 1.98. The lowest BCUT2D eigenvalue weighted by Gasteiger charge is -2.07. The summed E-state index contributed by atoms with van der Waals surface area (Å²) >= 11 is 3.52. The zero-order chi connectivity index (χ0) is 16.7. The summed E-state index contributed by atoms with van der Waals surface area (Å²) in [5.74, 6) is 0.684. The monoisotopic (exact) mass is 379 g/mol. The van der Waals surface area contributed by atoms with Crippen LogP contribution in [0.4, 0.5) is 0 Å². The van der Waals surface area contributed by atoms with Crippen molar-refractivity contribution in [1.29, 1.82) is 0 Å². The van der Waals surface area contributed by atoms with E-state index < -0.39 is 0 Å². The Morgan fingerprint density at radius 3 is 2.38 bits per heavy atom. The molecule has 0 N–H and O–H groups in total. The number of carbonyl (C=O) groups excluding carboxylic acids is 1. The summed E-state index contributed by atoms with van der Waals surface area (Å²) in [6, 6.07) is 21.1. The predicted molar refractivity (Wildman–Crippen MR) is 99.9 cm³/mol. The van der Waals surface area contributed by atoms with Crippen molar-refractivity contribution in [2.24, 2.45) is 0 Å². The van der Waals surface area contributed by atoms with Gasteiger partial charge in [0.15, 0.2) is 0 Å². The van der Waals surface area contributed by atoms with Gasteiger partial charge in [-0.05, 0) is 48.5 Å². The number of fused-ring (bicyclic) bond motifs is 3. The van der Waals surface area contributed by atoms with Gasteiger partial charge in [-0.15, -0.1) is 0 Å². The van der Waals surface area contributed by atoms with Crippen molar-refractivity contribution in [3.8, 4) is 5.75 Å². The van der Waals surface area contributed by atoms with Crippen LogP contribution in [0.15, 0.2) is 71.2 Å². The Morgan fingerprint density at radius 1 is 0.917 bits per heavy atom. The first-order valence-electron chi connectivity index (χ1n) is 7.56. The number of aromatic nitrogens is 1. The largest absolute Gasteiger partial charge is 0.497 e. The Bertz CT molecular complexity index is 1060. The molecule has 3 nitrogen and oxygen atoms in total. The lowest BCUT2D eigenvalue weighted by Crippen LogP contribution is -2.11. The average molecular weight is 380 g/mol. The summed E-state index contributed by atoms with van der Waals surface area (Å²) in [5.41, 5.74) is 2.44. The van der Waals surface area contributed by atoms with E-state index in [4.69, 9.17) is 4.74 Å². The van der Waals surface area contributed by atoms with Crippen LogP contribution >= 0.6 is 15.9 Å². The number of methoxy groups -OCH3 is 1. The smallest absolute Gasteiger partial charge is 0.262 e. The van der Waals surface area contributed by atoms with Gasteiger partial charge in [0.25, 0.3) is 5.91 Å². The average Bonchev–Trinajstić information content (AvgIpc) is 2.95. The third-order valence-electron chi connectivity index (χ3n) is 4.17. The van der Waals surface area contributed by atoms with Crippen LogP contribution in [0.3, 0.4) is 0 Å². The standard InChI is InChI=1S/C20H14BrNO2/c1-24-15-9-6-13(7-10-15)20(23)22-18-5-3-2-4-16(18)17-12-14(21)8-11-19(17)22/h2-12H,1H3. The normalized spacial score (nSPS) is 11.1. The SMILES string of the molecule is COc1ccc(C(=O)n2c3ccccc3c3cc(Br)ccc32)cc1. The van der Waals surface area contributed by atoms with E-state index in [0.29, 0.717) is 5.56 Å². The fourth-order valence-corrected chi connectivity index (χ4v) is 3.39. The highest BCUT2D eigenvalue weighted by atomic mass is 79.9. The highest BCUT2D eigenvalue weighted by molar-refractivity contribution is 9.10. The number of halogens is 1. The summed E-state index contributed by atoms with van der Waals surface area (Å²) in [6.07, 6.45) is 0. The zero-order valence-electron chi connectivity index (χ0n) is 13.0. The molecule has 0 aliphatic heterocycles. The summed E-state index contributed by atoms with van der Waals surface area (Å²) in [6.45, 7) is 0. The first-order valence-corrected chi connectivity index (χ1v) is 8.36. The van der Waals surface area contributed by atoms with Gasteiger partial charge < -0.3 is 4.74 Å². The fraction of sp³-hybridized carbons (Fsp3) is 0.0500. The first-order chi connectivity index (χ1) is 11.7. The van der Waals surface area contributed by atoms with E-state index >= 15 is 0 Å². The molecule has 1 heterocycles. The molecule has 1 aromatic heterocycles. The second-order valence-corrected chi connectivity index (χ2v) is 6.46. The molecular formula is C20H14BrNO2. The Hall–Kier alpha value is -2.59. The van der Waals surface area contributed by atoms with Gasteiger partial charge in [-0.1, -0.05) is 34.1 Å². The molecule has 0 fully saturated rings. The minimum atomic E-state index is -0.0498. The molecule has 4 rings (SSSR count). The molecule has 0 unspecified atom stereocenters. The third-order valence-corrected chi connectivity index (χ3v) is 4.67. The van der Waals surface area contributed by atoms with Gasteiger partial charge in [0.1, 0.15) is 5.75 Å². The van der Waals surface area contributed by atoms with E-state index in [9.17, 15) is 4.79 Å². The van der Waals surface area contributed by atoms with Crippen LogP contribution < -0.4 is 4.74 Å². The number of hydrogen-bond acceptors (Lipinski definition) is 2. The Labute approximate surface area is 147 Å². The molecule has 24 heavy (non-hydrogen) atoms. The molecule has 0 amide bonds. The van der Waals surface area contributed by atoms with Crippen LogP contribution in [0.5, 0.6) is 5.75 Å². The summed E-state index contributed by atoms with van der Waals surface area (Å²) in [5, 5.41) is 2.12. The lowest BCUT2D eigenvalue weighted by molar-refractivity contribution is 0.0969. The minimum Gasteiger partial charge on any atom is -0.497 e. The van der Waals surface area contributed by atoms with Crippen LogP contribution in [-0.4, -0.2) is 17.6 Å². The molecule has 0 bridgehead atoms. The van der Waals surface area contributed by atoms with Crippen LogP contribution in [0.2, 0.25) is 0 Å². The van der Waals surface area contributed by atoms with Crippen molar-refractivity contribution in [1.82, 2.24) is 4.57 Å². The van der Waals surface area contributed by atoms with E-state index in [1.807, 2.05) is 36.4 Å². The van der Waals surface area contributed by atoms with E-state index in [0.717, 1.165) is 32.0 Å². The summed E-state index contributed by atoms with van der Waals surface area (Å²) in [4.78, 5) is 13.1. The van der Waals surface area contributed by atoms with Gasteiger partial charge >= 0.3 is 0 Å². The zero-order valence-corrected chi connectivity index (χ0v) is 14.6. The van der Waals surface area contributed by atoms with Crippen molar-refractivity contribution < 1.29 is 9.53 Å². The highest BCUT2D eigenvalue weighted by Gasteiger charge is 2.17. The molecule has 3 aromatic carbocycles. The van der Waals surface area contributed by atoms with Crippen LogP contribution in [0.25, 0.3) is 21.8 Å². The quantitative estimate of drug-likeness (QED) is 0.475. The summed E-state index contributed by atoms with van der Waals surface area (Å²) in [7, 11) is 1.61. The highest BCUT2D eigenvalue weighted by Crippen LogP contribution is 2.31. The summed E-state index contributed by atoms with van der Waals surface area (Å²) < 4.78 is 7.94. The number of hydrogen-bond donors (Lipinski definition) is 0. The van der Waals surface area contributed by atoms with E-state index in [1.165, 1.54) is 0 Å². The van der Waals surface area contributed by atoms with Gasteiger partial charge in [0, 0.05) is 20.8 Å². The van der Waals surface area contributed by atoms with Gasteiger partial charge in [0.2, 0.25) is 0 Å². The topological polar surface area (TPSA) is 31.2 Å². The molecule has 0 aliphatic carbocycles. The molecule has 4 aromatic rings.